The molecule has 1 heterocycles. The summed E-state index contributed by atoms with van der Waals surface area (Å²) in [6.45, 7) is 0. The van der Waals surface area contributed by atoms with Gasteiger partial charge in [0.15, 0.2) is 9.84 Å². The van der Waals surface area contributed by atoms with Crippen LogP contribution in [0.25, 0.3) is 0 Å². The van der Waals surface area contributed by atoms with Gasteiger partial charge in [-0.3, -0.25) is 4.98 Å². The van der Waals surface area contributed by atoms with Crippen LogP contribution >= 0.6 is 0 Å². The minimum absolute atomic E-state index is 0.218. The Bertz CT molecular complexity index is 731. The molecule has 0 radical (unpaired) electrons. The number of nitrogens with zero attached hydrogens (tertiary/aromatic N) is 2. The van der Waals surface area contributed by atoms with Crippen molar-refractivity contribution in [3.63, 3.8) is 0 Å². The smallest absolute Gasteiger partial charge is 0.175 e. The molecular formula is C13H10N2O3S. The SMILES string of the molecule is CS(=O)(=O)c1ccc(Oc2ccncc2C#N)cc1. The Morgan fingerprint density at radius 3 is 2.47 bits per heavy atom. The molecule has 0 atom stereocenters. The normalized spacial score (nSPS) is 10.7. The van der Waals surface area contributed by atoms with E-state index < -0.39 is 9.84 Å². The van der Waals surface area contributed by atoms with Gasteiger partial charge in [0.05, 0.1) is 4.90 Å². The van der Waals surface area contributed by atoms with Crippen LogP contribution in [0.3, 0.4) is 0 Å². The van der Waals surface area contributed by atoms with Crippen molar-refractivity contribution in [1.29, 1.82) is 5.26 Å². The summed E-state index contributed by atoms with van der Waals surface area (Å²) >= 11 is 0. The van der Waals surface area contributed by atoms with E-state index >= 15 is 0 Å². The van der Waals surface area contributed by atoms with Crippen molar-refractivity contribution in [2.45, 2.75) is 4.90 Å². The zero-order valence-electron chi connectivity index (χ0n) is 10.1. The molecule has 0 unspecified atom stereocenters. The number of sulfone groups is 1. The number of rotatable bonds is 3. The number of aromatic nitrogens is 1. The molecule has 2 rings (SSSR count). The van der Waals surface area contributed by atoms with Gasteiger partial charge < -0.3 is 4.74 Å². The largest absolute Gasteiger partial charge is 0.456 e. The van der Waals surface area contributed by atoms with E-state index in [0.717, 1.165) is 6.26 Å². The van der Waals surface area contributed by atoms with Gasteiger partial charge in [0, 0.05) is 24.7 Å². The average molecular weight is 274 g/mol. The lowest BCUT2D eigenvalue weighted by Crippen LogP contribution is -1.96. The topological polar surface area (TPSA) is 80.1 Å². The van der Waals surface area contributed by atoms with Crippen molar-refractivity contribution in [3.8, 4) is 17.6 Å². The standard InChI is InChI=1S/C13H10N2O3S/c1-19(16,17)12-4-2-11(3-5-12)18-13-6-7-15-9-10(13)8-14/h2-7,9H,1H3. The third kappa shape index (κ3) is 3.09. The molecule has 1 aromatic heterocycles. The Balaban J connectivity index is 2.28. The number of hydrogen-bond acceptors (Lipinski definition) is 5. The molecule has 0 amide bonds. The van der Waals surface area contributed by atoms with Gasteiger partial charge in [0.25, 0.3) is 0 Å². The van der Waals surface area contributed by atoms with Gasteiger partial charge in [0.2, 0.25) is 0 Å². The highest BCUT2D eigenvalue weighted by atomic mass is 32.2. The lowest BCUT2D eigenvalue weighted by Gasteiger charge is -2.07. The molecule has 0 aliphatic rings. The summed E-state index contributed by atoms with van der Waals surface area (Å²) < 4.78 is 28.1. The van der Waals surface area contributed by atoms with Gasteiger partial charge in [-0.05, 0) is 24.3 Å². The van der Waals surface area contributed by atoms with Crippen LogP contribution in [0.2, 0.25) is 0 Å². The Morgan fingerprint density at radius 2 is 1.89 bits per heavy atom. The molecule has 0 aliphatic carbocycles. The number of benzene rings is 1. The summed E-state index contributed by atoms with van der Waals surface area (Å²) in [5.74, 6) is 0.833. The third-order valence-electron chi connectivity index (χ3n) is 2.38. The van der Waals surface area contributed by atoms with Crippen molar-refractivity contribution >= 4 is 9.84 Å². The van der Waals surface area contributed by atoms with Crippen LogP contribution in [0.5, 0.6) is 11.5 Å². The maximum Gasteiger partial charge on any atom is 0.175 e. The summed E-state index contributed by atoms with van der Waals surface area (Å²) in [6.07, 6.45) is 4.06. The predicted octanol–water partition coefficient (Wildman–Crippen LogP) is 2.15. The highest BCUT2D eigenvalue weighted by Crippen LogP contribution is 2.25. The van der Waals surface area contributed by atoms with Crippen LogP contribution in [-0.4, -0.2) is 19.7 Å². The first-order chi connectivity index (χ1) is 9.00. The average Bonchev–Trinajstić information content (AvgIpc) is 2.39. The fraction of sp³-hybridized carbons (Fsp3) is 0.0769. The van der Waals surface area contributed by atoms with Gasteiger partial charge in [-0.25, -0.2) is 8.42 Å². The lowest BCUT2D eigenvalue weighted by atomic mass is 10.3. The van der Waals surface area contributed by atoms with Crippen LogP contribution < -0.4 is 4.74 Å². The Morgan fingerprint density at radius 1 is 1.21 bits per heavy atom. The Labute approximate surface area is 111 Å². The zero-order valence-corrected chi connectivity index (χ0v) is 10.9. The van der Waals surface area contributed by atoms with E-state index in [1.165, 1.54) is 36.7 Å². The molecular weight excluding hydrogens is 264 g/mol. The monoisotopic (exact) mass is 274 g/mol. The number of hydrogen-bond donors (Lipinski definition) is 0. The van der Waals surface area contributed by atoms with Crippen LogP contribution in [0, 0.1) is 11.3 Å². The van der Waals surface area contributed by atoms with E-state index in [-0.39, 0.29) is 4.90 Å². The van der Waals surface area contributed by atoms with E-state index in [0.29, 0.717) is 17.1 Å². The molecule has 1 aromatic carbocycles. The first-order valence-corrected chi connectivity index (χ1v) is 7.22. The molecule has 6 heteroatoms. The van der Waals surface area contributed by atoms with Crippen molar-refractivity contribution in [1.82, 2.24) is 4.98 Å². The summed E-state index contributed by atoms with van der Waals surface area (Å²) in [4.78, 5) is 4.04. The maximum atomic E-state index is 11.3. The second-order valence-electron chi connectivity index (χ2n) is 3.83. The predicted molar refractivity (Wildman–Crippen MR) is 68.6 cm³/mol. The van der Waals surface area contributed by atoms with Gasteiger partial charge in [-0.1, -0.05) is 0 Å². The molecule has 19 heavy (non-hydrogen) atoms. The second kappa shape index (κ2) is 5.08. The van der Waals surface area contributed by atoms with E-state index in [9.17, 15) is 8.42 Å². The van der Waals surface area contributed by atoms with Gasteiger partial charge in [-0.2, -0.15) is 5.26 Å². The molecule has 0 spiro atoms. The van der Waals surface area contributed by atoms with Crippen molar-refractivity contribution in [2.75, 3.05) is 6.26 Å². The Hall–Kier alpha value is -2.39. The molecule has 2 aromatic rings. The van der Waals surface area contributed by atoms with E-state index in [4.69, 9.17) is 10.00 Å². The minimum Gasteiger partial charge on any atom is -0.456 e. The first kappa shape index (κ1) is 13.1. The number of pyridine rings is 1. The summed E-state index contributed by atoms with van der Waals surface area (Å²) in [6, 6.07) is 9.53. The highest BCUT2D eigenvalue weighted by Gasteiger charge is 2.08. The van der Waals surface area contributed by atoms with Gasteiger partial charge >= 0.3 is 0 Å². The van der Waals surface area contributed by atoms with Crippen molar-refractivity contribution in [3.05, 3.63) is 48.3 Å². The van der Waals surface area contributed by atoms with E-state index in [1.807, 2.05) is 6.07 Å². The molecule has 0 N–H and O–H groups in total. The molecule has 0 bridgehead atoms. The highest BCUT2D eigenvalue weighted by molar-refractivity contribution is 7.90. The van der Waals surface area contributed by atoms with Crippen molar-refractivity contribution < 1.29 is 13.2 Å². The molecule has 5 nitrogen and oxygen atoms in total. The van der Waals surface area contributed by atoms with Crippen LogP contribution in [0.4, 0.5) is 0 Å². The molecule has 0 aliphatic heterocycles. The second-order valence-corrected chi connectivity index (χ2v) is 5.85. The number of nitriles is 1. The molecule has 0 saturated carbocycles. The molecule has 0 saturated heterocycles. The summed E-state index contributed by atoms with van der Waals surface area (Å²) in [5, 5.41) is 8.90. The third-order valence-corrected chi connectivity index (χ3v) is 3.51. The van der Waals surface area contributed by atoms with E-state index in [1.54, 1.807) is 6.07 Å². The van der Waals surface area contributed by atoms with E-state index in [2.05, 4.69) is 4.98 Å². The fourth-order valence-electron chi connectivity index (χ4n) is 1.44. The summed E-state index contributed by atoms with van der Waals surface area (Å²) in [7, 11) is -3.22. The number of ether oxygens (including phenoxy) is 1. The van der Waals surface area contributed by atoms with Crippen LogP contribution in [0.15, 0.2) is 47.6 Å². The maximum absolute atomic E-state index is 11.3. The van der Waals surface area contributed by atoms with Crippen LogP contribution in [0.1, 0.15) is 5.56 Å². The van der Waals surface area contributed by atoms with Gasteiger partial charge in [-0.15, -0.1) is 0 Å². The minimum atomic E-state index is -3.22. The molecule has 96 valence electrons. The van der Waals surface area contributed by atoms with Gasteiger partial charge in [0.1, 0.15) is 23.1 Å². The lowest BCUT2D eigenvalue weighted by molar-refractivity contribution is 0.480. The Kier molecular flexibility index (Phi) is 3.49. The fourth-order valence-corrected chi connectivity index (χ4v) is 2.07. The quantitative estimate of drug-likeness (QED) is 0.856. The van der Waals surface area contributed by atoms with Crippen LogP contribution in [-0.2, 0) is 9.84 Å². The summed E-state index contributed by atoms with van der Waals surface area (Å²) in [5.41, 5.74) is 0.315. The van der Waals surface area contributed by atoms with Crippen molar-refractivity contribution in [2.24, 2.45) is 0 Å². The first-order valence-electron chi connectivity index (χ1n) is 5.33. The molecule has 0 fully saturated rings. The zero-order chi connectivity index (χ0) is 13.9.